The monoisotopic (exact) mass is 408 g/mol. The van der Waals surface area contributed by atoms with Crippen molar-refractivity contribution in [1.29, 1.82) is 0 Å². The van der Waals surface area contributed by atoms with E-state index in [2.05, 4.69) is 24.8 Å². The first kappa shape index (κ1) is 20.1. The largest absolute Gasteiger partial charge is 0.490 e. The minimum atomic E-state index is -0.759. The van der Waals surface area contributed by atoms with Gasteiger partial charge in [0.1, 0.15) is 18.0 Å². The lowest BCUT2D eigenvalue weighted by atomic mass is 9.97. The van der Waals surface area contributed by atoms with Crippen LogP contribution < -0.4 is 10.5 Å². The zero-order valence-corrected chi connectivity index (χ0v) is 17.2. The number of nitrogens with zero attached hydrogens (tertiary/aromatic N) is 1. The zero-order valence-electron chi connectivity index (χ0n) is 15.7. The first-order valence-corrected chi connectivity index (χ1v) is 10.1. The molecule has 1 saturated heterocycles. The Bertz CT molecular complexity index is 810. The number of hydrogen-bond donors (Lipinski definition) is 1. The maximum atomic E-state index is 11.7. The fourth-order valence-corrected chi connectivity index (χ4v) is 4.59. The average molecular weight is 409 g/mol. The molecule has 2 aromatic rings. The Hall–Kier alpha value is -1.60. The second kappa shape index (κ2) is 8.61. The van der Waals surface area contributed by atoms with Gasteiger partial charge in [0.25, 0.3) is 0 Å². The summed E-state index contributed by atoms with van der Waals surface area (Å²) < 4.78 is 11.9. The van der Waals surface area contributed by atoms with Gasteiger partial charge in [-0.15, -0.1) is 11.3 Å². The molecule has 2 heterocycles. The molecule has 27 heavy (non-hydrogen) atoms. The Morgan fingerprint density at radius 2 is 2.22 bits per heavy atom. The third kappa shape index (κ3) is 5.45. The molecule has 0 aliphatic carbocycles. The maximum Gasteiger partial charge on any atom is 0.220 e. The molecule has 1 aromatic heterocycles. The third-order valence-corrected chi connectivity index (χ3v) is 5.90. The molecule has 146 valence electrons. The SMILES string of the molecule is Cc1cc(CN2CCO[C@@](COc3cccc(Cl)c3)(CC(N)=O)C2)c(C)s1. The second-order valence-corrected chi connectivity index (χ2v) is 8.97. The van der Waals surface area contributed by atoms with Gasteiger partial charge in [0.05, 0.1) is 13.0 Å². The van der Waals surface area contributed by atoms with Gasteiger partial charge in [-0.05, 0) is 43.7 Å². The molecule has 0 saturated carbocycles. The highest BCUT2D eigenvalue weighted by Crippen LogP contribution is 2.28. The smallest absolute Gasteiger partial charge is 0.220 e. The molecule has 1 atom stereocenters. The van der Waals surface area contributed by atoms with Crippen molar-refractivity contribution in [1.82, 2.24) is 4.90 Å². The van der Waals surface area contributed by atoms with E-state index in [-0.39, 0.29) is 13.0 Å². The van der Waals surface area contributed by atoms with Crippen molar-refractivity contribution in [3.63, 3.8) is 0 Å². The van der Waals surface area contributed by atoms with Gasteiger partial charge >= 0.3 is 0 Å². The van der Waals surface area contributed by atoms with Crippen molar-refractivity contribution in [3.05, 3.63) is 50.7 Å². The van der Waals surface area contributed by atoms with Gasteiger partial charge in [-0.25, -0.2) is 0 Å². The Morgan fingerprint density at radius 3 is 2.89 bits per heavy atom. The number of halogens is 1. The fourth-order valence-electron chi connectivity index (χ4n) is 3.47. The summed E-state index contributed by atoms with van der Waals surface area (Å²) >= 11 is 7.83. The summed E-state index contributed by atoms with van der Waals surface area (Å²) in [5.74, 6) is 0.255. The van der Waals surface area contributed by atoms with E-state index >= 15 is 0 Å². The lowest BCUT2D eigenvalue weighted by Gasteiger charge is -2.42. The average Bonchev–Trinajstić information content (AvgIpc) is 2.90. The Labute approximate surface area is 169 Å². The van der Waals surface area contributed by atoms with Crippen LogP contribution in [-0.4, -0.2) is 42.7 Å². The van der Waals surface area contributed by atoms with Crippen LogP contribution in [-0.2, 0) is 16.1 Å². The van der Waals surface area contributed by atoms with Crippen LogP contribution in [0.1, 0.15) is 21.7 Å². The second-order valence-electron chi connectivity index (χ2n) is 7.07. The van der Waals surface area contributed by atoms with Gasteiger partial charge in [-0.3, -0.25) is 9.69 Å². The van der Waals surface area contributed by atoms with E-state index in [9.17, 15) is 4.79 Å². The van der Waals surface area contributed by atoms with Crippen molar-refractivity contribution in [2.45, 2.75) is 32.4 Å². The van der Waals surface area contributed by atoms with Crippen LogP contribution in [0.3, 0.4) is 0 Å². The Kier molecular flexibility index (Phi) is 6.42. The third-order valence-electron chi connectivity index (χ3n) is 4.66. The van der Waals surface area contributed by atoms with E-state index in [0.717, 1.165) is 13.1 Å². The molecule has 7 heteroatoms. The van der Waals surface area contributed by atoms with Crippen LogP contribution in [0.25, 0.3) is 0 Å². The molecule has 0 bridgehead atoms. The molecule has 1 aromatic carbocycles. The molecular weight excluding hydrogens is 384 g/mol. The van der Waals surface area contributed by atoms with Crippen LogP contribution in [0.5, 0.6) is 5.75 Å². The summed E-state index contributed by atoms with van der Waals surface area (Å²) in [6.45, 7) is 7.28. The summed E-state index contributed by atoms with van der Waals surface area (Å²) in [4.78, 5) is 16.7. The molecule has 0 spiro atoms. The highest BCUT2D eigenvalue weighted by molar-refractivity contribution is 7.12. The topological polar surface area (TPSA) is 64.8 Å². The number of aryl methyl sites for hydroxylation is 2. The summed E-state index contributed by atoms with van der Waals surface area (Å²) in [5.41, 5.74) is 6.08. The number of hydrogen-bond acceptors (Lipinski definition) is 5. The molecular formula is C20H25ClN2O3S. The maximum absolute atomic E-state index is 11.7. The van der Waals surface area contributed by atoms with Gasteiger partial charge in [0.2, 0.25) is 5.91 Å². The molecule has 2 N–H and O–H groups in total. The Morgan fingerprint density at radius 1 is 1.41 bits per heavy atom. The molecule has 1 amide bonds. The predicted molar refractivity (Wildman–Crippen MR) is 109 cm³/mol. The van der Waals surface area contributed by atoms with Crippen LogP contribution >= 0.6 is 22.9 Å². The fraction of sp³-hybridized carbons (Fsp3) is 0.450. The van der Waals surface area contributed by atoms with E-state index in [1.54, 1.807) is 12.1 Å². The highest BCUT2D eigenvalue weighted by atomic mass is 35.5. The van der Waals surface area contributed by atoms with Gasteiger partial charge < -0.3 is 15.2 Å². The lowest BCUT2D eigenvalue weighted by molar-refractivity contribution is -0.148. The van der Waals surface area contributed by atoms with Crippen molar-refractivity contribution in [2.24, 2.45) is 5.73 Å². The summed E-state index contributed by atoms with van der Waals surface area (Å²) in [6.07, 6.45) is 0.117. The van der Waals surface area contributed by atoms with Crippen molar-refractivity contribution >= 4 is 28.8 Å². The van der Waals surface area contributed by atoms with E-state index in [0.29, 0.717) is 23.9 Å². The van der Waals surface area contributed by atoms with Gasteiger partial charge in [-0.2, -0.15) is 0 Å². The normalized spacial score (nSPS) is 20.6. The highest BCUT2D eigenvalue weighted by Gasteiger charge is 2.39. The number of morpholine rings is 1. The molecule has 0 unspecified atom stereocenters. The van der Waals surface area contributed by atoms with Gasteiger partial charge in [0.15, 0.2) is 0 Å². The van der Waals surface area contributed by atoms with Crippen molar-refractivity contribution in [2.75, 3.05) is 26.3 Å². The minimum Gasteiger partial charge on any atom is -0.490 e. The number of carbonyl (C=O) groups is 1. The minimum absolute atomic E-state index is 0.117. The molecule has 1 fully saturated rings. The number of carbonyl (C=O) groups excluding carboxylic acids is 1. The first-order valence-electron chi connectivity index (χ1n) is 8.94. The number of thiophene rings is 1. The summed E-state index contributed by atoms with van der Waals surface area (Å²) in [7, 11) is 0. The zero-order chi connectivity index (χ0) is 19.4. The van der Waals surface area contributed by atoms with Crippen molar-refractivity contribution < 1.29 is 14.3 Å². The number of ether oxygens (including phenoxy) is 2. The van der Waals surface area contributed by atoms with Crippen molar-refractivity contribution in [3.8, 4) is 5.75 Å². The van der Waals surface area contributed by atoms with Crippen LogP contribution in [0.15, 0.2) is 30.3 Å². The number of primary amides is 1. The lowest BCUT2D eigenvalue weighted by Crippen LogP contribution is -2.56. The van der Waals surface area contributed by atoms with Crippen LogP contribution in [0.2, 0.25) is 5.02 Å². The molecule has 0 radical (unpaired) electrons. The number of rotatable bonds is 7. The predicted octanol–water partition coefficient (Wildman–Crippen LogP) is 3.54. The molecule has 1 aliphatic heterocycles. The standard InChI is InChI=1S/C20H25ClN2O3S/c1-14-8-16(15(2)27-14)11-23-6-7-26-20(12-23,10-19(22)24)13-25-18-5-3-4-17(21)9-18/h3-5,8-9H,6-7,10-13H2,1-2H3,(H2,22,24)/t20-/m0/s1. The molecule has 3 rings (SSSR count). The first-order chi connectivity index (χ1) is 12.8. The number of benzene rings is 1. The Balaban J connectivity index is 1.72. The van der Waals surface area contributed by atoms with Gasteiger partial charge in [0, 0.05) is 34.4 Å². The van der Waals surface area contributed by atoms with E-state index in [1.807, 2.05) is 23.5 Å². The van der Waals surface area contributed by atoms with E-state index in [1.165, 1.54) is 15.3 Å². The quantitative estimate of drug-likeness (QED) is 0.760. The molecule has 5 nitrogen and oxygen atoms in total. The molecule has 1 aliphatic rings. The van der Waals surface area contributed by atoms with Crippen LogP contribution in [0.4, 0.5) is 0 Å². The van der Waals surface area contributed by atoms with E-state index < -0.39 is 11.5 Å². The van der Waals surface area contributed by atoms with E-state index in [4.69, 9.17) is 26.8 Å². The number of amides is 1. The van der Waals surface area contributed by atoms with Gasteiger partial charge in [-0.1, -0.05) is 17.7 Å². The summed E-state index contributed by atoms with van der Waals surface area (Å²) in [6, 6.07) is 9.43. The number of nitrogens with two attached hydrogens (primary N) is 1. The van der Waals surface area contributed by atoms with Crippen LogP contribution in [0, 0.1) is 13.8 Å². The summed E-state index contributed by atoms with van der Waals surface area (Å²) in [5, 5.41) is 0.603.